The molecule has 6 aromatic rings. The van der Waals surface area contributed by atoms with Crippen LogP contribution >= 0.6 is 0 Å². The quantitative estimate of drug-likeness (QED) is 0.312. The maximum Gasteiger partial charge on any atom is 0.146 e. The molecule has 0 fully saturated rings. The Labute approximate surface area is 192 Å². The first-order valence-electron chi connectivity index (χ1n) is 11.0. The molecular formula is C29H22N4. The fraction of sp³-hybridized carbons (Fsp3) is 0.0345. The number of aromatic nitrogens is 4. The molecule has 0 aliphatic heterocycles. The molecule has 2 heterocycles. The Morgan fingerprint density at radius 3 is 1.88 bits per heavy atom. The smallest absolute Gasteiger partial charge is 0.146 e. The van der Waals surface area contributed by atoms with Gasteiger partial charge in [0, 0.05) is 36.1 Å². The third kappa shape index (κ3) is 3.24. The summed E-state index contributed by atoms with van der Waals surface area (Å²) in [6, 6.07) is 33.8. The number of imidazole rings is 2. The summed E-state index contributed by atoms with van der Waals surface area (Å²) >= 11 is 0. The number of para-hydroxylation sites is 2. The van der Waals surface area contributed by atoms with E-state index in [4.69, 9.17) is 4.98 Å². The summed E-state index contributed by atoms with van der Waals surface area (Å²) in [6.07, 6.45) is 5.79. The Morgan fingerprint density at radius 1 is 0.606 bits per heavy atom. The minimum atomic E-state index is 0.893. The normalized spacial score (nSPS) is 11.2. The van der Waals surface area contributed by atoms with Gasteiger partial charge in [-0.2, -0.15) is 0 Å². The molecule has 0 saturated carbocycles. The van der Waals surface area contributed by atoms with Gasteiger partial charge >= 0.3 is 0 Å². The molecule has 0 aliphatic carbocycles. The van der Waals surface area contributed by atoms with E-state index >= 15 is 0 Å². The molecule has 33 heavy (non-hydrogen) atoms. The second-order valence-electron chi connectivity index (χ2n) is 8.08. The second-order valence-corrected chi connectivity index (χ2v) is 8.08. The van der Waals surface area contributed by atoms with Gasteiger partial charge in [-0.1, -0.05) is 84.9 Å². The van der Waals surface area contributed by atoms with Crippen LogP contribution in [0.25, 0.3) is 50.4 Å². The highest BCUT2D eigenvalue weighted by atomic mass is 15.1. The van der Waals surface area contributed by atoms with Crippen LogP contribution in [0.2, 0.25) is 0 Å². The van der Waals surface area contributed by atoms with Crippen molar-refractivity contribution in [2.75, 3.05) is 0 Å². The molecule has 158 valence electrons. The monoisotopic (exact) mass is 426 g/mol. The van der Waals surface area contributed by atoms with E-state index in [1.165, 1.54) is 11.1 Å². The van der Waals surface area contributed by atoms with E-state index in [0.717, 1.165) is 39.2 Å². The van der Waals surface area contributed by atoms with Gasteiger partial charge in [-0.25, -0.2) is 9.97 Å². The highest BCUT2D eigenvalue weighted by Crippen LogP contribution is 2.38. The summed E-state index contributed by atoms with van der Waals surface area (Å²) < 4.78 is 4.28. The first-order valence-corrected chi connectivity index (χ1v) is 11.0. The first kappa shape index (κ1) is 19.3. The minimum absolute atomic E-state index is 0.893. The van der Waals surface area contributed by atoms with Gasteiger partial charge in [0.15, 0.2) is 0 Å². The predicted molar refractivity (Wildman–Crippen MR) is 134 cm³/mol. The Morgan fingerprint density at radius 2 is 1.21 bits per heavy atom. The maximum absolute atomic E-state index is 4.83. The molecular weight excluding hydrogens is 404 g/mol. The Bertz CT molecular complexity index is 1500. The van der Waals surface area contributed by atoms with E-state index in [1.807, 2.05) is 31.7 Å². The van der Waals surface area contributed by atoms with Crippen LogP contribution in [0.15, 0.2) is 116 Å². The van der Waals surface area contributed by atoms with Gasteiger partial charge in [-0.05, 0) is 23.3 Å². The fourth-order valence-corrected chi connectivity index (χ4v) is 4.58. The van der Waals surface area contributed by atoms with Gasteiger partial charge in [-0.3, -0.25) is 4.57 Å². The van der Waals surface area contributed by atoms with Gasteiger partial charge in [0.25, 0.3) is 0 Å². The summed E-state index contributed by atoms with van der Waals surface area (Å²) in [6.45, 7) is 0. The zero-order chi connectivity index (χ0) is 22.2. The summed E-state index contributed by atoms with van der Waals surface area (Å²) in [5, 5.41) is 0. The zero-order valence-corrected chi connectivity index (χ0v) is 18.3. The summed E-state index contributed by atoms with van der Waals surface area (Å²) in [4.78, 5) is 9.37. The van der Waals surface area contributed by atoms with Crippen molar-refractivity contribution >= 4 is 11.0 Å². The number of fused-ring (bicyclic) bond motifs is 1. The van der Waals surface area contributed by atoms with E-state index in [-0.39, 0.29) is 0 Å². The number of rotatable bonds is 4. The SMILES string of the molecule is Cn1cnc2cccc(-c3nccn3-c3c(-c4ccccc4)cccc3-c3ccccc3)c21. The fourth-order valence-electron chi connectivity index (χ4n) is 4.58. The van der Waals surface area contributed by atoms with Crippen LogP contribution in [-0.2, 0) is 7.05 Å². The molecule has 0 aliphatic rings. The maximum atomic E-state index is 4.83. The topological polar surface area (TPSA) is 35.6 Å². The van der Waals surface area contributed by atoms with Gasteiger partial charge in [0.1, 0.15) is 5.82 Å². The van der Waals surface area contributed by atoms with Gasteiger partial charge in [0.2, 0.25) is 0 Å². The standard InChI is InChI=1S/C29H22N4/c1-32-20-31-26-17-9-16-25(28(26)32)29-30-18-19-33(29)27-23(21-10-4-2-5-11-21)14-8-15-24(27)22-12-6-3-7-13-22/h2-20H,1H3. The van der Waals surface area contributed by atoms with E-state index in [2.05, 4.69) is 105 Å². The van der Waals surface area contributed by atoms with Gasteiger partial charge in [-0.15, -0.1) is 0 Å². The lowest BCUT2D eigenvalue weighted by molar-refractivity contribution is 0.946. The first-order chi connectivity index (χ1) is 16.3. The van der Waals surface area contributed by atoms with Crippen molar-refractivity contribution in [2.24, 2.45) is 7.05 Å². The zero-order valence-electron chi connectivity index (χ0n) is 18.3. The summed E-state index contributed by atoms with van der Waals surface area (Å²) in [7, 11) is 2.03. The third-order valence-electron chi connectivity index (χ3n) is 6.07. The lowest BCUT2D eigenvalue weighted by Crippen LogP contribution is -2.03. The summed E-state index contributed by atoms with van der Waals surface area (Å²) in [5.41, 5.74) is 8.86. The van der Waals surface area contributed by atoms with Crippen LogP contribution in [0.5, 0.6) is 0 Å². The average molecular weight is 427 g/mol. The van der Waals surface area contributed by atoms with Crippen molar-refractivity contribution in [2.45, 2.75) is 0 Å². The molecule has 0 bridgehead atoms. The van der Waals surface area contributed by atoms with Crippen molar-refractivity contribution in [1.82, 2.24) is 19.1 Å². The largest absolute Gasteiger partial charge is 0.333 e. The molecule has 6 rings (SSSR count). The van der Waals surface area contributed by atoms with Crippen molar-refractivity contribution in [1.29, 1.82) is 0 Å². The molecule has 0 atom stereocenters. The third-order valence-corrected chi connectivity index (χ3v) is 6.07. The Hall–Kier alpha value is -4.44. The molecule has 2 aromatic heterocycles. The van der Waals surface area contributed by atoms with E-state index in [9.17, 15) is 0 Å². The number of hydrogen-bond donors (Lipinski definition) is 0. The van der Waals surface area contributed by atoms with Crippen LogP contribution in [0.4, 0.5) is 0 Å². The molecule has 4 nitrogen and oxygen atoms in total. The molecule has 0 N–H and O–H groups in total. The molecule has 0 saturated heterocycles. The van der Waals surface area contributed by atoms with Crippen LogP contribution < -0.4 is 0 Å². The Balaban J connectivity index is 1.67. The average Bonchev–Trinajstić information content (AvgIpc) is 3.52. The van der Waals surface area contributed by atoms with Gasteiger partial charge < -0.3 is 4.57 Å². The predicted octanol–water partition coefficient (Wildman–Crippen LogP) is 6.76. The van der Waals surface area contributed by atoms with Crippen LogP contribution in [0.3, 0.4) is 0 Å². The summed E-state index contributed by atoms with van der Waals surface area (Å²) in [5.74, 6) is 0.893. The lowest BCUT2D eigenvalue weighted by atomic mass is 9.95. The van der Waals surface area contributed by atoms with E-state index in [1.54, 1.807) is 0 Å². The molecule has 0 spiro atoms. The minimum Gasteiger partial charge on any atom is -0.333 e. The number of benzene rings is 4. The molecule has 0 unspecified atom stereocenters. The Kier molecular flexibility index (Phi) is 4.62. The number of nitrogens with zero attached hydrogens (tertiary/aromatic N) is 4. The lowest BCUT2D eigenvalue weighted by Gasteiger charge is -2.19. The second kappa shape index (κ2) is 7.92. The van der Waals surface area contributed by atoms with Crippen LogP contribution in [-0.4, -0.2) is 19.1 Å². The molecule has 4 aromatic carbocycles. The van der Waals surface area contributed by atoms with Crippen molar-refractivity contribution < 1.29 is 0 Å². The van der Waals surface area contributed by atoms with Crippen molar-refractivity contribution in [3.8, 4) is 39.3 Å². The number of hydrogen-bond acceptors (Lipinski definition) is 2. The molecule has 0 radical (unpaired) electrons. The van der Waals surface area contributed by atoms with Crippen LogP contribution in [0.1, 0.15) is 0 Å². The van der Waals surface area contributed by atoms with Crippen LogP contribution in [0, 0.1) is 0 Å². The highest BCUT2D eigenvalue weighted by molar-refractivity contribution is 5.92. The van der Waals surface area contributed by atoms with Crippen molar-refractivity contribution in [3.63, 3.8) is 0 Å². The van der Waals surface area contributed by atoms with E-state index in [0.29, 0.717) is 0 Å². The van der Waals surface area contributed by atoms with E-state index < -0.39 is 0 Å². The molecule has 4 heteroatoms. The number of aryl methyl sites for hydroxylation is 1. The van der Waals surface area contributed by atoms with Gasteiger partial charge in [0.05, 0.1) is 23.0 Å². The molecule has 0 amide bonds. The highest BCUT2D eigenvalue weighted by Gasteiger charge is 2.19. The van der Waals surface area contributed by atoms with Crippen molar-refractivity contribution in [3.05, 3.63) is 116 Å².